The normalized spacial score (nSPS) is 10.3. The van der Waals surface area contributed by atoms with Crippen molar-refractivity contribution in [2.24, 2.45) is 0 Å². The molecule has 2 aromatic rings. The van der Waals surface area contributed by atoms with Crippen molar-refractivity contribution in [1.82, 2.24) is 9.88 Å². The van der Waals surface area contributed by atoms with Crippen LogP contribution in [0.25, 0.3) is 0 Å². The molecule has 7 nitrogen and oxygen atoms in total. The second-order valence-electron chi connectivity index (χ2n) is 5.89. The van der Waals surface area contributed by atoms with Gasteiger partial charge in [0.05, 0.1) is 10.4 Å². The first-order valence-corrected chi connectivity index (χ1v) is 11.7. The Labute approximate surface area is 182 Å². The Balaban J connectivity index is 0.000000612. The number of thioether (sulfide) groups is 2. The fourth-order valence-electron chi connectivity index (χ4n) is 2.00. The van der Waals surface area contributed by atoms with Crippen LogP contribution in [0.2, 0.25) is 0 Å². The topological polar surface area (TPSA) is 108 Å². The molecule has 10 heteroatoms. The van der Waals surface area contributed by atoms with E-state index in [-0.39, 0.29) is 5.78 Å². The highest BCUT2D eigenvalue weighted by Crippen LogP contribution is 2.25. The largest absolute Gasteiger partial charge is 0.473 e. The van der Waals surface area contributed by atoms with E-state index in [4.69, 9.17) is 19.8 Å². The molecule has 2 N–H and O–H groups in total. The lowest BCUT2D eigenvalue weighted by atomic mass is 10.1. The number of nitrogens with zero attached hydrogens (tertiary/aromatic N) is 2. The van der Waals surface area contributed by atoms with Gasteiger partial charge in [0, 0.05) is 17.7 Å². The lowest BCUT2D eigenvalue weighted by Gasteiger charge is -2.09. The summed E-state index contributed by atoms with van der Waals surface area (Å²) in [7, 11) is 4.21. The van der Waals surface area contributed by atoms with Crippen molar-refractivity contribution in [2.75, 3.05) is 37.9 Å². The summed E-state index contributed by atoms with van der Waals surface area (Å²) >= 11 is 5.13. The van der Waals surface area contributed by atoms with Crippen molar-refractivity contribution >= 4 is 52.6 Å². The molecule has 0 aromatic carbocycles. The maximum absolute atomic E-state index is 12.5. The van der Waals surface area contributed by atoms with Crippen LogP contribution in [0.15, 0.2) is 40.9 Å². The zero-order chi connectivity index (χ0) is 21.6. The Hall–Kier alpha value is -1.88. The fraction of sp³-hybridized carbons (Fsp3) is 0.368. The van der Waals surface area contributed by atoms with Crippen molar-refractivity contribution in [3.8, 4) is 0 Å². The van der Waals surface area contributed by atoms with Gasteiger partial charge in [0.1, 0.15) is 5.03 Å². The number of aliphatic carboxylic acids is 2. The number of carboxylic acids is 2. The van der Waals surface area contributed by atoms with Gasteiger partial charge in [-0.05, 0) is 56.4 Å². The lowest BCUT2D eigenvalue weighted by Crippen LogP contribution is -2.13. The number of rotatable bonds is 10. The SMILES string of the molecule is CN(C)CCCSCCSc1ncccc1C(=O)c1cccs1.O=C(O)C(=O)O. The van der Waals surface area contributed by atoms with E-state index >= 15 is 0 Å². The van der Waals surface area contributed by atoms with E-state index in [1.54, 1.807) is 18.0 Å². The maximum atomic E-state index is 12.5. The zero-order valence-corrected chi connectivity index (χ0v) is 18.7. The van der Waals surface area contributed by atoms with Gasteiger partial charge in [0.2, 0.25) is 5.78 Å². The van der Waals surface area contributed by atoms with Crippen LogP contribution < -0.4 is 0 Å². The number of thiophene rings is 1. The van der Waals surface area contributed by atoms with Gasteiger partial charge < -0.3 is 15.1 Å². The monoisotopic (exact) mass is 456 g/mol. The zero-order valence-electron chi connectivity index (χ0n) is 16.2. The smallest absolute Gasteiger partial charge is 0.414 e. The molecule has 0 spiro atoms. The molecule has 0 aliphatic carbocycles. The van der Waals surface area contributed by atoms with Crippen molar-refractivity contribution < 1.29 is 24.6 Å². The third-order valence-electron chi connectivity index (χ3n) is 3.30. The summed E-state index contributed by atoms with van der Waals surface area (Å²) in [6, 6.07) is 7.49. The Kier molecular flexibility index (Phi) is 12.3. The molecule has 0 amide bonds. The molecule has 0 radical (unpaired) electrons. The maximum Gasteiger partial charge on any atom is 0.414 e. The number of hydrogen-bond acceptors (Lipinski definition) is 8. The standard InChI is InChI=1S/C17H22N2OS3.C2H2O4/c1-19(2)9-5-10-21-12-13-23-17-14(6-3-8-18-17)16(20)15-7-4-11-22-15;3-1(4)2(5)6/h3-4,6-8,11H,5,9-10,12-13H2,1-2H3;(H,3,4)(H,5,6). The Morgan fingerprint density at radius 2 is 1.79 bits per heavy atom. The van der Waals surface area contributed by atoms with Gasteiger partial charge in [0.25, 0.3) is 0 Å². The number of aromatic nitrogens is 1. The number of carboxylic acid groups (broad SMARTS) is 2. The molecule has 158 valence electrons. The molecule has 0 aliphatic rings. The molecule has 2 aromatic heterocycles. The van der Waals surface area contributed by atoms with E-state index in [2.05, 4.69) is 24.0 Å². The molecular weight excluding hydrogens is 432 g/mol. The summed E-state index contributed by atoms with van der Waals surface area (Å²) in [5, 5.41) is 17.6. The van der Waals surface area contributed by atoms with Crippen LogP contribution in [0.1, 0.15) is 21.7 Å². The molecule has 0 saturated carbocycles. The van der Waals surface area contributed by atoms with Gasteiger partial charge in [-0.2, -0.15) is 11.8 Å². The predicted octanol–water partition coefficient (Wildman–Crippen LogP) is 3.31. The van der Waals surface area contributed by atoms with Crippen molar-refractivity contribution in [3.63, 3.8) is 0 Å². The summed E-state index contributed by atoms with van der Waals surface area (Å²) in [5.41, 5.74) is 0.720. The minimum Gasteiger partial charge on any atom is -0.473 e. The van der Waals surface area contributed by atoms with Crippen LogP contribution in [-0.2, 0) is 9.59 Å². The second kappa shape index (κ2) is 14.2. The predicted molar refractivity (Wildman–Crippen MR) is 118 cm³/mol. The van der Waals surface area contributed by atoms with E-state index in [0.717, 1.165) is 33.5 Å². The quantitative estimate of drug-likeness (QED) is 0.241. The third kappa shape index (κ3) is 10.5. The Bertz CT molecular complexity index is 770. The van der Waals surface area contributed by atoms with Gasteiger partial charge >= 0.3 is 11.9 Å². The van der Waals surface area contributed by atoms with Crippen LogP contribution in [0.4, 0.5) is 0 Å². The first-order valence-electron chi connectivity index (χ1n) is 8.67. The highest BCUT2D eigenvalue weighted by Gasteiger charge is 2.15. The van der Waals surface area contributed by atoms with Crippen LogP contribution >= 0.6 is 34.9 Å². The van der Waals surface area contributed by atoms with Crippen molar-refractivity contribution in [1.29, 1.82) is 0 Å². The van der Waals surface area contributed by atoms with E-state index in [1.807, 2.05) is 41.4 Å². The molecule has 0 saturated heterocycles. The minimum absolute atomic E-state index is 0.0780. The summed E-state index contributed by atoms with van der Waals surface area (Å²) in [5.74, 6) is -0.323. The van der Waals surface area contributed by atoms with Gasteiger partial charge in [-0.15, -0.1) is 23.1 Å². The first-order chi connectivity index (χ1) is 13.8. The van der Waals surface area contributed by atoms with E-state index in [9.17, 15) is 4.79 Å². The van der Waals surface area contributed by atoms with Crippen LogP contribution in [0, 0.1) is 0 Å². The van der Waals surface area contributed by atoms with E-state index in [0.29, 0.717) is 0 Å². The minimum atomic E-state index is -1.82. The van der Waals surface area contributed by atoms with Gasteiger partial charge in [0.15, 0.2) is 0 Å². The molecular formula is C19H24N2O5S3. The number of carbonyl (C=O) groups excluding carboxylic acids is 1. The lowest BCUT2D eigenvalue weighted by molar-refractivity contribution is -0.159. The Morgan fingerprint density at radius 3 is 2.38 bits per heavy atom. The van der Waals surface area contributed by atoms with Gasteiger partial charge in [-0.25, -0.2) is 14.6 Å². The second-order valence-corrected chi connectivity index (χ2v) is 9.15. The summed E-state index contributed by atoms with van der Waals surface area (Å²) < 4.78 is 0. The Morgan fingerprint density at radius 1 is 1.07 bits per heavy atom. The highest BCUT2D eigenvalue weighted by atomic mass is 32.2. The van der Waals surface area contributed by atoms with Crippen molar-refractivity contribution in [2.45, 2.75) is 11.4 Å². The van der Waals surface area contributed by atoms with Crippen LogP contribution in [-0.4, -0.2) is 75.7 Å². The van der Waals surface area contributed by atoms with E-state index < -0.39 is 11.9 Å². The number of hydrogen-bond donors (Lipinski definition) is 2. The summed E-state index contributed by atoms with van der Waals surface area (Å²) in [4.78, 5) is 38.1. The molecule has 0 aliphatic heterocycles. The van der Waals surface area contributed by atoms with Gasteiger partial charge in [-0.1, -0.05) is 6.07 Å². The first kappa shape index (κ1) is 25.2. The molecule has 29 heavy (non-hydrogen) atoms. The summed E-state index contributed by atoms with van der Waals surface area (Å²) in [6.07, 6.45) is 2.98. The molecule has 2 rings (SSSR count). The number of carbonyl (C=O) groups is 3. The molecule has 0 unspecified atom stereocenters. The van der Waals surface area contributed by atoms with E-state index in [1.165, 1.54) is 23.5 Å². The fourth-order valence-corrected chi connectivity index (χ4v) is 4.67. The molecule has 0 bridgehead atoms. The van der Waals surface area contributed by atoms with Gasteiger partial charge in [-0.3, -0.25) is 4.79 Å². The highest BCUT2D eigenvalue weighted by molar-refractivity contribution is 8.02. The number of pyridine rings is 1. The number of ketones is 1. The summed E-state index contributed by atoms with van der Waals surface area (Å²) in [6.45, 7) is 1.14. The van der Waals surface area contributed by atoms with Crippen LogP contribution in [0.5, 0.6) is 0 Å². The molecule has 0 atom stereocenters. The third-order valence-corrected chi connectivity index (χ3v) is 6.51. The average molecular weight is 457 g/mol. The molecule has 0 fully saturated rings. The van der Waals surface area contributed by atoms with Crippen molar-refractivity contribution in [3.05, 3.63) is 46.3 Å². The molecule has 2 heterocycles. The average Bonchev–Trinajstić information content (AvgIpc) is 3.22. The van der Waals surface area contributed by atoms with Crippen LogP contribution in [0.3, 0.4) is 0 Å².